The van der Waals surface area contributed by atoms with Crippen molar-refractivity contribution >= 4 is 5.82 Å². The summed E-state index contributed by atoms with van der Waals surface area (Å²) in [6.45, 7) is 8.72. The number of aryl methyl sites for hydroxylation is 3. The predicted octanol–water partition coefficient (Wildman–Crippen LogP) is 2.15. The third-order valence-corrected chi connectivity index (χ3v) is 4.28. The fraction of sp³-hybridized carbons (Fsp3) is 0.562. The molecule has 0 aliphatic carbocycles. The molecule has 1 aliphatic heterocycles. The standard InChI is InChI=1S/C16H23N5O/c1-11-6-7-16(19-18-11)21-8-4-5-14(10-21)17-9-15-12(2)20-22-13(15)3/h6-7,14,17H,4-5,8-10H2,1-3H3/t14-/m1/s1. The molecule has 1 saturated heterocycles. The van der Waals surface area contributed by atoms with Crippen LogP contribution in [-0.4, -0.2) is 34.5 Å². The molecule has 0 bridgehead atoms. The van der Waals surface area contributed by atoms with Crippen molar-refractivity contribution in [3.05, 3.63) is 34.8 Å². The van der Waals surface area contributed by atoms with E-state index in [1.54, 1.807) is 0 Å². The van der Waals surface area contributed by atoms with Crippen molar-refractivity contribution in [2.75, 3.05) is 18.0 Å². The maximum absolute atomic E-state index is 5.22. The van der Waals surface area contributed by atoms with Gasteiger partial charge in [0.15, 0.2) is 5.82 Å². The van der Waals surface area contributed by atoms with Crippen molar-refractivity contribution in [1.82, 2.24) is 20.7 Å². The van der Waals surface area contributed by atoms with E-state index in [-0.39, 0.29) is 0 Å². The molecule has 2 aromatic heterocycles. The van der Waals surface area contributed by atoms with Crippen molar-refractivity contribution < 1.29 is 4.52 Å². The smallest absolute Gasteiger partial charge is 0.151 e. The summed E-state index contributed by atoms with van der Waals surface area (Å²) in [5.74, 6) is 1.87. The predicted molar refractivity (Wildman–Crippen MR) is 84.8 cm³/mol. The molecule has 6 nitrogen and oxygen atoms in total. The summed E-state index contributed by atoms with van der Waals surface area (Å²) < 4.78 is 5.22. The summed E-state index contributed by atoms with van der Waals surface area (Å²) in [6.07, 6.45) is 2.34. The average Bonchev–Trinajstić information content (AvgIpc) is 2.85. The molecule has 3 heterocycles. The van der Waals surface area contributed by atoms with Crippen LogP contribution in [-0.2, 0) is 6.54 Å². The number of hydrogen-bond donors (Lipinski definition) is 1. The van der Waals surface area contributed by atoms with Gasteiger partial charge in [-0.05, 0) is 45.7 Å². The molecule has 1 aliphatic rings. The van der Waals surface area contributed by atoms with Crippen LogP contribution in [0.2, 0.25) is 0 Å². The fourth-order valence-corrected chi connectivity index (χ4v) is 2.91. The summed E-state index contributed by atoms with van der Waals surface area (Å²) in [7, 11) is 0. The SMILES string of the molecule is Cc1ccc(N2CCC[C@@H](NCc3c(C)noc3C)C2)nn1. The third kappa shape index (κ3) is 3.27. The molecule has 3 rings (SSSR count). The van der Waals surface area contributed by atoms with Crippen molar-refractivity contribution in [2.45, 2.75) is 46.2 Å². The molecule has 1 N–H and O–H groups in total. The normalized spacial score (nSPS) is 18.7. The number of nitrogens with one attached hydrogen (secondary N) is 1. The second-order valence-electron chi connectivity index (χ2n) is 6.00. The van der Waals surface area contributed by atoms with Gasteiger partial charge in [-0.1, -0.05) is 5.16 Å². The van der Waals surface area contributed by atoms with Crippen molar-refractivity contribution in [3.8, 4) is 0 Å². The van der Waals surface area contributed by atoms with Gasteiger partial charge >= 0.3 is 0 Å². The van der Waals surface area contributed by atoms with Gasteiger partial charge in [-0.3, -0.25) is 0 Å². The molecule has 118 valence electrons. The monoisotopic (exact) mass is 301 g/mol. The van der Waals surface area contributed by atoms with Crippen LogP contribution in [0.1, 0.15) is 35.6 Å². The lowest BCUT2D eigenvalue weighted by Gasteiger charge is -2.33. The van der Waals surface area contributed by atoms with Gasteiger partial charge in [-0.25, -0.2) is 0 Å². The zero-order valence-corrected chi connectivity index (χ0v) is 13.5. The second kappa shape index (κ2) is 6.44. The summed E-state index contributed by atoms with van der Waals surface area (Å²) in [5.41, 5.74) is 3.10. The molecule has 1 fully saturated rings. The van der Waals surface area contributed by atoms with Crippen molar-refractivity contribution in [2.24, 2.45) is 0 Å². The molecule has 0 saturated carbocycles. The van der Waals surface area contributed by atoms with Crippen LogP contribution >= 0.6 is 0 Å². The summed E-state index contributed by atoms with van der Waals surface area (Å²) in [5, 5.41) is 16.1. The number of rotatable bonds is 4. The van der Waals surface area contributed by atoms with Gasteiger partial charge in [0.1, 0.15) is 5.76 Å². The Kier molecular flexibility index (Phi) is 4.38. The molecule has 6 heteroatoms. The molecule has 22 heavy (non-hydrogen) atoms. The lowest BCUT2D eigenvalue weighted by molar-refractivity contribution is 0.389. The topological polar surface area (TPSA) is 67.1 Å². The molecule has 0 aromatic carbocycles. The zero-order chi connectivity index (χ0) is 15.5. The molecule has 0 radical (unpaired) electrons. The number of aromatic nitrogens is 3. The number of hydrogen-bond acceptors (Lipinski definition) is 6. The van der Waals surface area contributed by atoms with E-state index in [0.29, 0.717) is 6.04 Å². The van der Waals surface area contributed by atoms with Gasteiger partial charge in [0.2, 0.25) is 0 Å². The molecule has 0 unspecified atom stereocenters. The number of anilines is 1. The highest BCUT2D eigenvalue weighted by atomic mass is 16.5. The average molecular weight is 301 g/mol. The lowest BCUT2D eigenvalue weighted by atomic mass is 10.0. The molecular weight excluding hydrogens is 278 g/mol. The minimum atomic E-state index is 0.450. The van der Waals surface area contributed by atoms with E-state index in [4.69, 9.17) is 4.52 Å². The lowest BCUT2D eigenvalue weighted by Crippen LogP contribution is -2.46. The Balaban J connectivity index is 1.60. The Labute approximate surface area is 130 Å². The first-order chi connectivity index (χ1) is 10.6. The Morgan fingerprint density at radius 1 is 1.27 bits per heavy atom. The van der Waals surface area contributed by atoms with Gasteiger partial charge in [-0.15, -0.1) is 5.10 Å². The van der Waals surface area contributed by atoms with Gasteiger partial charge in [0.05, 0.1) is 11.4 Å². The molecule has 1 atom stereocenters. The van der Waals surface area contributed by atoms with Crippen LogP contribution in [0.15, 0.2) is 16.7 Å². The van der Waals surface area contributed by atoms with Crippen LogP contribution in [0, 0.1) is 20.8 Å². The van der Waals surface area contributed by atoms with E-state index in [1.807, 2.05) is 26.8 Å². The molecule has 2 aromatic rings. The van der Waals surface area contributed by atoms with Gasteiger partial charge in [0.25, 0.3) is 0 Å². The minimum absolute atomic E-state index is 0.450. The van der Waals surface area contributed by atoms with Gasteiger partial charge in [-0.2, -0.15) is 5.10 Å². The summed E-state index contributed by atoms with van der Waals surface area (Å²) in [6, 6.07) is 4.52. The highest BCUT2D eigenvalue weighted by Gasteiger charge is 2.21. The van der Waals surface area contributed by atoms with Crippen molar-refractivity contribution in [3.63, 3.8) is 0 Å². The van der Waals surface area contributed by atoms with E-state index < -0.39 is 0 Å². The number of nitrogens with zero attached hydrogens (tertiary/aromatic N) is 4. The maximum Gasteiger partial charge on any atom is 0.151 e. The first-order valence-electron chi connectivity index (χ1n) is 7.84. The number of piperidine rings is 1. The van der Waals surface area contributed by atoms with E-state index in [9.17, 15) is 0 Å². The van der Waals surface area contributed by atoms with Crippen LogP contribution in [0.3, 0.4) is 0 Å². The Bertz CT molecular complexity index is 602. The van der Waals surface area contributed by atoms with Gasteiger partial charge < -0.3 is 14.7 Å². The Morgan fingerprint density at radius 2 is 2.14 bits per heavy atom. The van der Waals surface area contributed by atoms with E-state index >= 15 is 0 Å². The van der Waals surface area contributed by atoms with Crippen LogP contribution in [0.4, 0.5) is 5.82 Å². The molecule has 0 spiro atoms. The van der Waals surface area contributed by atoms with Crippen molar-refractivity contribution in [1.29, 1.82) is 0 Å². The molecule has 0 amide bonds. The van der Waals surface area contributed by atoms with Gasteiger partial charge in [0, 0.05) is 31.2 Å². The first-order valence-corrected chi connectivity index (χ1v) is 7.84. The largest absolute Gasteiger partial charge is 0.361 e. The van der Waals surface area contributed by atoms with Crippen LogP contribution in [0.25, 0.3) is 0 Å². The summed E-state index contributed by atoms with van der Waals surface area (Å²) in [4.78, 5) is 2.31. The van der Waals surface area contributed by atoms with E-state index in [1.165, 1.54) is 12.0 Å². The van der Waals surface area contributed by atoms with Crippen LogP contribution < -0.4 is 10.2 Å². The Hall–Kier alpha value is -1.95. The van der Waals surface area contributed by atoms with Crippen LogP contribution in [0.5, 0.6) is 0 Å². The quantitative estimate of drug-likeness (QED) is 0.933. The zero-order valence-electron chi connectivity index (χ0n) is 13.5. The van der Waals surface area contributed by atoms with E-state index in [0.717, 1.165) is 49.0 Å². The second-order valence-corrected chi connectivity index (χ2v) is 6.00. The third-order valence-electron chi connectivity index (χ3n) is 4.28. The summed E-state index contributed by atoms with van der Waals surface area (Å²) >= 11 is 0. The first kappa shape index (κ1) is 15.0. The Morgan fingerprint density at radius 3 is 2.82 bits per heavy atom. The highest BCUT2D eigenvalue weighted by molar-refractivity contribution is 5.38. The fourth-order valence-electron chi connectivity index (χ4n) is 2.91. The van der Waals surface area contributed by atoms with E-state index in [2.05, 4.69) is 31.6 Å². The molecular formula is C16H23N5O. The maximum atomic E-state index is 5.22. The minimum Gasteiger partial charge on any atom is -0.361 e. The highest BCUT2D eigenvalue weighted by Crippen LogP contribution is 2.18.